The summed E-state index contributed by atoms with van der Waals surface area (Å²) in [5.41, 5.74) is 0.706. The number of nitrogens with zero attached hydrogens (tertiary/aromatic N) is 1. The molecule has 2 aromatic rings. The number of benzene rings is 2. The molecule has 1 heterocycles. The largest absolute Gasteiger partial charge is 0.457 e. The molecule has 0 saturated carbocycles. The molecule has 3 rings (SSSR count). The fourth-order valence-electron chi connectivity index (χ4n) is 2.71. The van der Waals surface area contributed by atoms with Crippen molar-refractivity contribution in [2.45, 2.75) is 32.8 Å². The molecule has 1 amide bonds. The first-order valence-electron chi connectivity index (χ1n) is 8.90. The number of allylic oxidation sites excluding steroid dienone is 1. The molecular weight excluding hydrogens is 342 g/mol. The third kappa shape index (κ3) is 4.97. The quantitative estimate of drug-likeness (QED) is 0.765. The van der Waals surface area contributed by atoms with E-state index in [0.717, 1.165) is 11.3 Å². The maximum atomic E-state index is 12.5. The molecule has 140 valence electrons. The molecule has 0 bridgehead atoms. The predicted octanol–water partition coefficient (Wildman–Crippen LogP) is 5.03. The predicted molar refractivity (Wildman–Crippen MR) is 103 cm³/mol. The van der Waals surface area contributed by atoms with Crippen molar-refractivity contribution in [1.82, 2.24) is 4.90 Å². The maximum Gasteiger partial charge on any atom is 0.414 e. The van der Waals surface area contributed by atoms with Crippen LogP contribution < -0.4 is 4.74 Å². The summed E-state index contributed by atoms with van der Waals surface area (Å²) in [6.07, 6.45) is 1.34. The molecule has 0 spiro atoms. The molecule has 0 aliphatic carbocycles. The number of hydrogen-bond donors (Lipinski definition) is 0. The first-order chi connectivity index (χ1) is 12.8. The number of ether oxygens (including phenoxy) is 2. The second-order valence-corrected chi connectivity index (χ2v) is 7.32. The van der Waals surface area contributed by atoms with Gasteiger partial charge in [-0.1, -0.05) is 18.2 Å². The number of para-hydroxylation sites is 1. The molecule has 0 atom stereocenters. The number of ketones is 1. The summed E-state index contributed by atoms with van der Waals surface area (Å²) >= 11 is 0. The lowest BCUT2D eigenvalue weighted by Gasteiger charge is -2.31. The zero-order valence-corrected chi connectivity index (χ0v) is 15.8. The van der Waals surface area contributed by atoms with E-state index in [1.807, 2.05) is 75.4 Å². The Kier molecular flexibility index (Phi) is 5.31. The van der Waals surface area contributed by atoms with Gasteiger partial charge in [-0.3, -0.25) is 9.69 Å². The Balaban J connectivity index is 1.81. The monoisotopic (exact) mass is 365 g/mol. The van der Waals surface area contributed by atoms with Gasteiger partial charge in [-0.05, 0) is 62.7 Å². The van der Waals surface area contributed by atoms with Crippen LogP contribution >= 0.6 is 0 Å². The Morgan fingerprint density at radius 2 is 1.59 bits per heavy atom. The topological polar surface area (TPSA) is 55.8 Å². The van der Waals surface area contributed by atoms with E-state index >= 15 is 0 Å². The van der Waals surface area contributed by atoms with Gasteiger partial charge in [0.2, 0.25) is 0 Å². The van der Waals surface area contributed by atoms with Crippen LogP contribution in [0.4, 0.5) is 4.79 Å². The van der Waals surface area contributed by atoms with Crippen molar-refractivity contribution in [2.24, 2.45) is 0 Å². The summed E-state index contributed by atoms with van der Waals surface area (Å²) in [6, 6.07) is 16.8. The van der Waals surface area contributed by atoms with Crippen LogP contribution in [-0.2, 0) is 9.53 Å². The zero-order valence-electron chi connectivity index (χ0n) is 15.8. The van der Waals surface area contributed by atoms with Crippen LogP contribution in [0.3, 0.4) is 0 Å². The number of rotatable bonds is 3. The standard InChI is InChI=1S/C22H23NO4/c1-22(2,3)27-21(25)23-14-13-17(24)15-20(23)16-9-11-19(12-10-16)26-18-7-5-4-6-8-18/h4-12,15H,13-14H2,1-3H3. The average Bonchev–Trinajstić information content (AvgIpc) is 2.61. The van der Waals surface area contributed by atoms with Crippen LogP contribution in [0, 0.1) is 0 Å². The fraction of sp³-hybridized carbons (Fsp3) is 0.273. The Morgan fingerprint density at radius 3 is 2.22 bits per heavy atom. The van der Waals surface area contributed by atoms with E-state index in [2.05, 4.69) is 0 Å². The van der Waals surface area contributed by atoms with Crippen molar-refractivity contribution < 1.29 is 19.1 Å². The van der Waals surface area contributed by atoms with E-state index in [9.17, 15) is 9.59 Å². The molecular formula is C22H23NO4. The number of carbonyl (C=O) groups is 2. The van der Waals surface area contributed by atoms with E-state index in [0.29, 0.717) is 18.0 Å². The highest BCUT2D eigenvalue weighted by Crippen LogP contribution is 2.28. The molecule has 5 heteroatoms. The molecule has 0 radical (unpaired) electrons. The molecule has 1 aliphatic heterocycles. The first-order valence-corrected chi connectivity index (χ1v) is 8.90. The summed E-state index contributed by atoms with van der Waals surface area (Å²) < 4.78 is 11.3. The molecule has 2 aromatic carbocycles. The third-order valence-electron chi connectivity index (χ3n) is 3.91. The average molecular weight is 365 g/mol. The smallest absolute Gasteiger partial charge is 0.414 e. The van der Waals surface area contributed by atoms with Gasteiger partial charge in [0.05, 0.1) is 5.70 Å². The molecule has 1 aliphatic rings. The second-order valence-electron chi connectivity index (χ2n) is 7.32. The van der Waals surface area contributed by atoms with E-state index in [4.69, 9.17) is 9.47 Å². The van der Waals surface area contributed by atoms with Gasteiger partial charge in [0.1, 0.15) is 17.1 Å². The van der Waals surface area contributed by atoms with E-state index in [1.165, 1.54) is 11.0 Å². The summed E-state index contributed by atoms with van der Waals surface area (Å²) in [5, 5.41) is 0. The molecule has 0 fully saturated rings. The van der Waals surface area contributed by atoms with Gasteiger partial charge in [-0.15, -0.1) is 0 Å². The van der Waals surface area contributed by atoms with Crippen molar-refractivity contribution >= 4 is 17.6 Å². The van der Waals surface area contributed by atoms with Gasteiger partial charge >= 0.3 is 6.09 Å². The highest BCUT2D eigenvalue weighted by Gasteiger charge is 2.29. The molecule has 0 N–H and O–H groups in total. The lowest BCUT2D eigenvalue weighted by Crippen LogP contribution is -2.38. The van der Waals surface area contributed by atoms with Crippen molar-refractivity contribution in [3.8, 4) is 11.5 Å². The number of hydrogen-bond acceptors (Lipinski definition) is 4. The van der Waals surface area contributed by atoms with Crippen molar-refractivity contribution in [1.29, 1.82) is 0 Å². The lowest BCUT2D eigenvalue weighted by atomic mass is 10.0. The van der Waals surface area contributed by atoms with Gasteiger partial charge in [0.15, 0.2) is 5.78 Å². The van der Waals surface area contributed by atoms with E-state index < -0.39 is 11.7 Å². The SMILES string of the molecule is CC(C)(C)OC(=O)N1CCC(=O)C=C1c1ccc(Oc2ccccc2)cc1. The Morgan fingerprint density at radius 1 is 0.963 bits per heavy atom. The minimum Gasteiger partial charge on any atom is -0.457 e. The fourth-order valence-corrected chi connectivity index (χ4v) is 2.71. The minimum atomic E-state index is -0.600. The van der Waals surface area contributed by atoms with Crippen LogP contribution in [0.5, 0.6) is 11.5 Å². The normalized spacial score (nSPS) is 14.6. The van der Waals surface area contributed by atoms with Gasteiger partial charge in [-0.25, -0.2) is 4.79 Å². The van der Waals surface area contributed by atoms with Crippen molar-refractivity contribution in [3.63, 3.8) is 0 Å². The molecule has 0 saturated heterocycles. The molecule has 27 heavy (non-hydrogen) atoms. The lowest BCUT2D eigenvalue weighted by molar-refractivity contribution is -0.115. The van der Waals surface area contributed by atoms with E-state index in [1.54, 1.807) is 0 Å². The van der Waals surface area contributed by atoms with Crippen LogP contribution in [0.15, 0.2) is 60.7 Å². The Labute approximate surface area is 159 Å². The van der Waals surface area contributed by atoms with Crippen LogP contribution in [0.1, 0.15) is 32.8 Å². The summed E-state index contributed by atoms with van der Waals surface area (Å²) in [5.74, 6) is 1.42. The van der Waals surface area contributed by atoms with Crippen molar-refractivity contribution in [2.75, 3.05) is 6.54 Å². The minimum absolute atomic E-state index is 0.00517. The van der Waals surface area contributed by atoms with Crippen molar-refractivity contribution in [3.05, 3.63) is 66.2 Å². The maximum absolute atomic E-state index is 12.5. The van der Waals surface area contributed by atoms with Gasteiger partial charge in [0.25, 0.3) is 0 Å². The van der Waals surface area contributed by atoms with Gasteiger partial charge < -0.3 is 9.47 Å². The summed E-state index contributed by atoms with van der Waals surface area (Å²) in [4.78, 5) is 26.0. The summed E-state index contributed by atoms with van der Waals surface area (Å²) in [6.45, 7) is 5.76. The van der Waals surface area contributed by atoms with E-state index in [-0.39, 0.29) is 12.2 Å². The van der Waals surface area contributed by atoms with Gasteiger partial charge in [-0.2, -0.15) is 0 Å². The summed E-state index contributed by atoms with van der Waals surface area (Å²) in [7, 11) is 0. The number of amides is 1. The molecule has 5 nitrogen and oxygen atoms in total. The Bertz CT molecular complexity index is 848. The Hall–Kier alpha value is -3.08. The highest BCUT2D eigenvalue weighted by molar-refractivity contribution is 6.01. The highest BCUT2D eigenvalue weighted by atomic mass is 16.6. The number of carbonyl (C=O) groups excluding carboxylic acids is 2. The van der Waals surface area contributed by atoms with Crippen LogP contribution in [-0.4, -0.2) is 28.9 Å². The third-order valence-corrected chi connectivity index (χ3v) is 3.91. The second kappa shape index (κ2) is 7.66. The first kappa shape index (κ1) is 18.7. The zero-order chi connectivity index (χ0) is 19.4. The van der Waals surface area contributed by atoms with Gasteiger partial charge in [0, 0.05) is 19.0 Å². The molecule has 0 unspecified atom stereocenters. The van der Waals surface area contributed by atoms with Crippen LogP contribution in [0.25, 0.3) is 5.70 Å². The molecule has 0 aromatic heterocycles. The van der Waals surface area contributed by atoms with Crippen LogP contribution in [0.2, 0.25) is 0 Å².